The first-order valence-electron chi connectivity index (χ1n) is 12.1. The number of benzene rings is 3. The lowest BCUT2D eigenvalue weighted by molar-refractivity contribution is -0.0647. The highest BCUT2D eigenvalue weighted by Crippen LogP contribution is 2.37. The second-order valence-electron chi connectivity index (χ2n) is 10.2. The van der Waals surface area contributed by atoms with E-state index in [9.17, 15) is 10.2 Å². The molecule has 37 heavy (non-hydrogen) atoms. The van der Waals surface area contributed by atoms with E-state index < -0.39 is 29.6 Å². The molecule has 4 aromatic rings. The average molecular weight is 522 g/mol. The third-order valence-corrected chi connectivity index (χ3v) is 7.46. The van der Waals surface area contributed by atoms with Crippen molar-refractivity contribution in [3.05, 3.63) is 71.2 Å². The fourth-order valence-corrected chi connectivity index (χ4v) is 5.27. The molecule has 8 nitrogen and oxygen atoms in total. The predicted octanol–water partition coefficient (Wildman–Crippen LogP) is 3.97. The summed E-state index contributed by atoms with van der Waals surface area (Å²) in [5.41, 5.74) is 10.4. The largest absolute Gasteiger partial charge is 0.454 e. The molecule has 0 saturated carbocycles. The summed E-state index contributed by atoms with van der Waals surface area (Å²) in [4.78, 5) is 7.71. The lowest BCUT2D eigenvalue weighted by Gasteiger charge is -2.27. The van der Waals surface area contributed by atoms with Crippen LogP contribution in [-0.2, 0) is 15.1 Å². The van der Waals surface area contributed by atoms with E-state index in [1.165, 1.54) is 0 Å². The van der Waals surface area contributed by atoms with Gasteiger partial charge in [-0.2, -0.15) is 4.98 Å². The number of fused-ring (bicyclic) bond motifs is 2. The van der Waals surface area contributed by atoms with Gasteiger partial charge in [0.2, 0.25) is 0 Å². The van der Waals surface area contributed by atoms with Crippen molar-refractivity contribution in [1.82, 2.24) is 9.97 Å². The molecule has 5 N–H and O–H groups in total. The predicted molar refractivity (Wildman–Crippen MR) is 140 cm³/mol. The van der Waals surface area contributed by atoms with Crippen molar-refractivity contribution in [3.63, 3.8) is 0 Å². The van der Waals surface area contributed by atoms with Crippen LogP contribution < -0.4 is 10.5 Å². The van der Waals surface area contributed by atoms with Gasteiger partial charge in [0.15, 0.2) is 11.8 Å². The van der Waals surface area contributed by atoms with Gasteiger partial charge in [0.1, 0.15) is 12.2 Å². The molecule has 1 aromatic heterocycles. The molecule has 0 unspecified atom stereocenters. The Morgan fingerprint density at radius 2 is 1.70 bits per heavy atom. The van der Waals surface area contributed by atoms with Crippen LogP contribution in [0.4, 0.5) is 0 Å². The molecule has 2 aliphatic heterocycles. The summed E-state index contributed by atoms with van der Waals surface area (Å²) in [6.45, 7) is 3.83. The highest BCUT2D eigenvalue weighted by atomic mass is 35.5. The third-order valence-electron chi connectivity index (χ3n) is 7.15. The van der Waals surface area contributed by atoms with Crippen molar-refractivity contribution in [2.24, 2.45) is 5.73 Å². The van der Waals surface area contributed by atoms with Gasteiger partial charge in [-0.1, -0.05) is 60.1 Å². The van der Waals surface area contributed by atoms with Gasteiger partial charge >= 0.3 is 0 Å². The number of nitrogens with zero attached hydrogens (tertiary/aromatic N) is 1. The van der Waals surface area contributed by atoms with Crippen LogP contribution in [0.1, 0.15) is 19.4 Å². The molecule has 2 saturated heterocycles. The number of hydrogen-bond donors (Lipinski definition) is 4. The molecule has 2 fully saturated rings. The Morgan fingerprint density at radius 1 is 1.05 bits per heavy atom. The Bertz CT molecular complexity index is 1450. The van der Waals surface area contributed by atoms with Gasteiger partial charge in [0.05, 0.1) is 34.9 Å². The lowest BCUT2D eigenvalue weighted by atomic mass is 9.95. The van der Waals surface area contributed by atoms with E-state index in [0.717, 1.165) is 33.3 Å². The molecular weight excluding hydrogens is 494 g/mol. The zero-order chi connectivity index (χ0) is 25.9. The number of nitrogens with one attached hydrogen (secondary N) is 1. The molecule has 6 rings (SSSR count). The normalized spacial score (nSPS) is 25.5. The van der Waals surface area contributed by atoms with Crippen molar-refractivity contribution < 1.29 is 24.4 Å². The maximum absolute atomic E-state index is 10.2. The summed E-state index contributed by atoms with van der Waals surface area (Å²) in [5, 5.41) is 20.8. The molecular formula is C28H28ClN3O5. The summed E-state index contributed by atoms with van der Waals surface area (Å²) >= 11 is 6.65. The Kier molecular flexibility index (Phi) is 5.80. The first kappa shape index (κ1) is 24.4. The summed E-state index contributed by atoms with van der Waals surface area (Å²) < 4.78 is 17.2. The van der Waals surface area contributed by atoms with Gasteiger partial charge in [-0.3, -0.25) is 5.73 Å². The number of ether oxygens (including phenoxy) is 3. The van der Waals surface area contributed by atoms with E-state index >= 15 is 0 Å². The highest BCUT2D eigenvalue weighted by molar-refractivity contribution is 6.34. The van der Waals surface area contributed by atoms with Gasteiger partial charge < -0.3 is 29.4 Å². The topological polar surface area (TPSA) is 123 Å². The summed E-state index contributed by atoms with van der Waals surface area (Å²) in [7, 11) is 0. The van der Waals surface area contributed by atoms with E-state index in [2.05, 4.69) is 9.97 Å². The number of aliphatic hydroxyl groups excluding tert-OH is 1. The van der Waals surface area contributed by atoms with Crippen LogP contribution in [0.5, 0.6) is 6.01 Å². The van der Waals surface area contributed by atoms with Crippen LogP contribution in [0.15, 0.2) is 60.7 Å². The third kappa shape index (κ3) is 4.29. The SMILES string of the molecule is CC(C)(O)c1ccc(-c2ccc(-c3cc4nc(O[C@H]5CO[C@H]6[C@H](O)CO[C@@]56N)[nH]c4cc3Cl)cc2)cc1. The van der Waals surface area contributed by atoms with E-state index in [1.54, 1.807) is 13.8 Å². The molecule has 0 amide bonds. The minimum absolute atomic E-state index is 0.102. The molecule has 0 bridgehead atoms. The fraction of sp³-hybridized carbons (Fsp3) is 0.321. The maximum Gasteiger partial charge on any atom is 0.295 e. The van der Waals surface area contributed by atoms with Crippen LogP contribution in [0.2, 0.25) is 5.02 Å². The minimum Gasteiger partial charge on any atom is -0.454 e. The van der Waals surface area contributed by atoms with Crippen molar-refractivity contribution in [3.8, 4) is 28.3 Å². The number of rotatable bonds is 5. The monoisotopic (exact) mass is 521 g/mol. The number of nitrogens with two attached hydrogens (primary N) is 1. The Hall–Kier alpha value is -2.98. The van der Waals surface area contributed by atoms with Crippen LogP contribution >= 0.6 is 11.6 Å². The summed E-state index contributed by atoms with van der Waals surface area (Å²) in [5.74, 6) is 0. The average Bonchev–Trinajstić information content (AvgIpc) is 3.51. The van der Waals surface area contributed by atoms with Crippen molar-refractivity contribution >= 4 is 22.6 Å². The Labute approximate surface area is 219 Å². The number of aliphatic hydroxyl groups is 2. The van der Waals surface area contributed by atoms with E-state index in [1.807, 2.05) is 60.7 Å². The molecule has 4 atom stereocenters. The maximum atomic E-state index is 10.2. The van der Waals surface area contributed by atoms with Crippen molar-refractivity contribution in [2.45, 2.75) is 43.5 Å². The molecule has 0 aliphatic carbocycles. The molecule has 192 valence electrons. The molecule has 0 radical (unpaired) electrons. The summed E-state index contributed by atoms with van der Waals surface area (Å²) in [6.07, 6.45) is -2.03. The quantitative estimate of drug-likeness (QED) is 0.313. The standard InChI is InChI=1S/C28H28ClN3O5/c1-27(2,34)18-9-7-16(8-10-18)15-3-5-17(6-4-15)19-11-21-22(12-20(19)29)32-26(31-21)37-24-14-35-25-23(33)13-36-28(24,25)30/h3-12,23-25,33-34H,13-14,30H2,1-2H3,(H,31,32)/t23-,24+,25+,28+/m1/s1. The second kappa shape index (κ2) is 8.80. The Balaban J connectivity index is 1.23. The molecule has 3 aromatic carbocycles. The first-order valence-corrected chi connectivity index (χ1v) is 12.5. The highest BCUT2D eigenvalue weighted by Gasteiger charge is 2.59. The van der Waals surface area contributed by atoms with Gasteiger partial charge in [-0.15, -0.1) is 0 Å². The molecule has 3 heterocycles. The van der Waals surface area contributed by atoms with E-state index in [-0.39, 0.29) is 19.2 Å². The lowest BCUT2D eigenvalue weighted by Crippen LogP contribution is -2.57. The number of hydrogen-bond acceptors (Lipinski definition) is 7. The number of aromatic nitrogens is 2. The number of imidazole rings is 1. The summed E-state index contributed by atoms with van der Waals surface area (Å²) in [6, 6.07) is 20.0. The first-order chi connectivity index (χ1) is 17.6. The van der Waals surface area contributed by atoms with Crippen LogP contribution in [0.3, 0.4) is 0 Å². The fourth-order valence-electron chi connectivity index (χ4n) is 5.00. The van der Waals surface area contributed by atoms with E-state index in [0.29, 0.717) is 10.5 Å². The Morgan fingerprint density at radius 3 is 2.38 bits per heavy atom. The van der Waals surface area contributed by atoms with Gasteiger partial charge in [0, 0.05) is 5.56 Å². The zero-order valence-electron chi connectivity index (χ0n) is 20.4. The van der Waals surface area contributed by atoms with Gasteiger partial charge in [-0.05, 0) is 48.2 Å². The molecule has 9 heteroatoms. The number of halogens is 1. The zero-order valence-corrected chi connectivity index (χ0v) is 21.2. The second-order valence-corrected chi connectivity index (χ2v) is 10.6. The molecule has 2 aliphatic rings. The number of aromatic amines is 1. The smallest absolute Gasteiger partial charge is 0.295 e. The van der Waals surface area contributed by atoms with Crippen molar-refractivity contribution in [2.75, 3.05) is 13.2 Å². The number of H-pyrrole nitrogens is 1. The van der Waals surface area contributed by atoms with Crippen LogP contribution in [-0.4, -0.2) is 57.4 Å². The van der Waals surface area contributed by atoms with Gasteiger partial charge in [0.25, 0.3) is 6.01 Å². The van der Waals surface area contributed by atoms with E-state index in [4.69, 9.17) is 31.5 Å². The molecule has 0 spiro atoms. The van der Waals surface area contributed by atoms with Crippen molar-refractivity contribution in [1.29, 1.82) is 0 Å². The van der Waals surface area contributed by atoms with Crippen LogP contribution in [0.25, 0.3) is 33.3 Å². The van der Waals surface area contributed by atoms with Gasteiger partial charge in [-0.25, -0.2) is 0 Å². The van der Waals surface area contributed by atoms with Crippen LogP contribution in [0, 0.1) is 0 Å². The minimum atomic E-state index is -1.22.